The van der Waals surface area contributed by atoms with Crippen LogP contribution in [0.2, 0.25) is 0 Å². The van der Waals surface area contributed by atoms with Gasteiger partial charge in [-0.1, -0.05) is 0 Å². The van der Waals surface area contributed by atoms with Gasteiger partial charge in [0.25, 0.3) is 0 Å². The predicted molar refractivity (Wildman–Crippen MR) is 78.4 cm³/mol. The molecule has 1 aromatic carbocycles. The number of benzene rings is 1. The number of hydrogen-bond donors (Lipinski definition) is 2. The molecular formula is C15H22FN3O. The molecule has 1 saturated heterocycles. The van der Waals surface area contributed by atoms with Gasteiger partial charge in [0, 0.05) is 18.7 Å². The summed E-state index contributed by atoms with van der Waals surface area (Å²) in [4.78, 5) is 13.1. The van der Waals surface area contributed by atoms with Crippen molar-refractivity contribution in [3.63, 3.8) is 0 Å². The van der Waals surface area contributed by atoms with Gasteiger partial charge in [0.1, 0.15) is 5.82 Å². The van der Waals surface area contributed by atoms with Crippen molar-refractivity contribution in [2.45, 2.75) is 19.8 Å². The van der Waals surface area contributed by atoms with E-state index in [1.165, 1.54) is 6.07 Å². The van der Waals surface area contributed by atoms with E-state index in [2.05, 4.69) is 5.32 Å². The van der Waals surface area contributed by atoms with Crippen LogP contribution in [0.5, 0.6) is 0 Å². The molecule has 0 radical (unpaired) electrons. The first kappa shape index (κ1) is 14.8. The molecule has 3 N–H and O–H groups in total. The quantitative estimate of drug-likeness (QED) is 0.863. The van der Waals surface area contributed by atoms with Crippen molar-refractivity contribution in [2.24, 2.45) is 11.7 Å². The third kappa shape index (κ3) is 3.48. The number of rotatable bonds is 5. The normalized spacial score (nSPS) is 16.1. The number of nitrogens with one attached hydrogen (secondary N) is 1. The van der Waals surface area contributed by atoms with Crippen molar-refractivity contribution in [3.05, 3.63) is 29.6 Å². The van der Waals surface area contributed by atoms with Gasteiger partial charge < -0.3 is 16.0 Å². The molecule has 110 valence electrons. The molecule has 2 rings (SSSR count). The number of carbonyl (C=O) groups is 1. The largest absolute Gasteiger partial charge is 0.369 e. The summed E-state index contributed by atoms with van der Waals surface area (Å²) in [5.74, 6) is -0.389. The Morgan fingerprint density at radius 3 is 2.70 bits per heavy atom. The third-order valence-corrected chi connectivity index (χ3v) is 3.89. The fourth-order valence-electron chi connectivity index (χ4n) is 2.69. The topological polar surface area (TPSA) is 58.4 Å². The van der Waals surface area contributed by atoms with Crippen LogP contribution in [0.25, 0.3) is 0 Å². The van der Waals surface area contributed by atoms with E-state index in [0.717, 1.165) is 39.0 Å². The molecule has 1 fully saturated rings. The van der Waals surface area contributed by atoms with E-state index in [4.69, 9.17) is 5.73 Å². The Hall–Kier alpha value is -1.62. The van der Waals surface area contributed by atoms with Crippen LogP contribution < -0.4 is 16.0 Å². The fraction of sp³-hybridized carbons (Fsp3) is 0.533. The second-order valence-corrected chi connectivity index (χ2v) is 5.26. The predicted octanol–water partition coefficient (Wildman–Crippen LogP) is 1.75. The Morgan fingerprint density at radius 1 is 1.45 bits per heavy atom. The number of nitrogens with two attached hydrogens (primary N) is 1. The molecule has 0 atom stereocenters. The van der Waals surface area contributed by atoms with Gasteiger partial charge in [-0.05, 0) is 57.0 Å². The molecule has 1 aromatic rings. The average molecular weight is 279 g/mol. The highest BCUT2D eigenvalue weighted by molar-refractivity contribution is 5.93. The van der Waals surface area contributed by atoms with Gasteiger partial charge in [-0.2, -0.15) is 0 Å². The lowest BCUT2D eigenvalue weighted by atomic mass is 9.97. The van der Waals surface area contributed by atoms with Crippen molar-refractivity contribution in [1.29, 1.82) is 0 Å². The first-order chi connectivity index (χ1) is 9.61. The summed E-state index contributed by atoms with van der Waals surface area (Å²) in [5, 5.41) is 3.33. The molecule has 4 nitrogen and oxygen atoms in total. The van der Waals surface area contributed by atoms with E-state index >= 15 is 0 Å². The number of hydrogen-bond acceptors (Lipinski definition) is 3. The summed E-state index contributed by atoms with van der Waals surface area (Å²) in [6, 6.07) is 4.47. The SMILES string of the molecule is CCN(CC1CCNCC1)c1ccc(C(N)=O)cc1F. The van der Waals surface area contributed by atoms with Crippen LogP contribution >= 0.6 is 0 Å². The van der Waals surface area contributed by atoms with Gasteiger partial charge in [-0.3, -0.25) is 4.79 Å². The number of nitrogens with zero attached hydrogens (tertiary/aromatic N) is 1. The summed E-state index contributed by atoms with van der Waals surface area (Å²) in [5.41, 5.74) is 5.93. The van der Waals surface area contributed by atoms with E-state index in [1.807, 2.05) is 11.8 Å². The maximum atomic E-state index is 14.1. The summed E-state index contributed by atoms with van der Waals surface area (Å²) in [7, 11) is 0. The lowest BCUT2D eigenvalue weighted by molar-refractivity contribution is 0.1000. The van der Waals surface area contributed by atoms with Crippen LogP contribution in [0.1, 0.15) is 30.1 Å². The second kappa shape index (κ2) is 6.70. The van der Waals surface area contributed by atoms with Crippen molar-refractivity contribution < 1.29 is 9.18 Å². The number of halogens is 1. The molecule has 0 aliphatic carbocycles. The van der Waals surface area contributed by atoms with Crippen LogP contribution in [0, 0.1) is 11.7 Å². The zero-order valence-corrected chi connectivity index (χ0v) is 11.9. The molecule has 0 saturated carbocycles. The lowest BCUT2D eigenvalue weighted by Gasteiger charge is -2.31. The third-order valence-electron chi connectivity index (χ3n) is 3.89. The first-order valence-electron chi connectivity index (χ1n) is 7.16. The van der Waals surface area contributed by atoms with Crippen LogP contribution in [0.4, 0.5) is 10.1 Å². The van der Waals surface area contributed by atoms with E-state index < -0.39 is 5.91 Å². The molecule has 1 heterocycles. The summed E-state index contributed by atoms with van der Waals surface area (Å²) >= 11 is 0. The molecule has 0 unspecified atom stereocenters. The molecule has 20 heavy (non-hydrogen) atoms. The standard InChI is InChI=1S/C15H22FN3O/c1-2-19(10-11-5-7-18-8-6-11)14-4-3-12(15(17)20)9-13(14)16/h3-4,9,11,18H,2,5-8,10H2,1H3,(H2,17,20). The number of anilines is 1. The number of piperidine rings is 1. The van der Waals surface area contributed by atoms with Crippen LogP contribution in [0.3, 0.4) is 0 Å². The highest BCUT2D eigenvalue weighted by Gasteiger charge is 2.19. The molecule has 1 aliphatic rings. The highest BCUT2D eigenvalue weighted by Crippen LogP contribution is 2.23. The summed E-state index contributed by atoms with van der Waals surface area (Å²) in [6.45, 7) is 5.68. The zero-order valence-electron chi connectivity index (χ0n) is 11.9. The minimum atomic E-state index is -0.600. The number of primary amides is 1. The van der Waals surface area contributed by atoms with E-state index in [1.54, 1.807) is 12.1 Å². The van der Waals surface area contributed by atoms with E-state index in [9.17, 15) is 9.18 Å². The van der Waals surface area contributed by atoms with Crippen molar-refractivity contribution in [1.82, 2.24) is 5.32 Å². The fourth-order valence-corrected chi connectivity index (χ4v) is 2.69. The average Bonchev–Trinajstić information content (AvgIpc) is 2.46. The molecule has 1 aliphatic heterocycles. The van der Waals surface area contributed by atoms with Gasteiger partial charge in [-0.25, -0.2) is 4.39 Å². The summed E-state index contributed by atoms with van der Waals surface area (Å²) in [6.07, 6.45) is 2.25. The number of carbonyl (C=O) groups excluding carboxylic acids is 1. The molecule has 5 heteroatoms. The first-order valence-corrected chi connectivity index (χ1v) is 7.16. The minimum Gasteiger partial charge on any atom is -0.369 e. The second-order valence-electron chi connectivity index (χ2n) is 5.26. The molecular weight excluding hydrogens is 257 g/mol. The Labute approximate surface area is 119 Å². The van der Waals surface area contributed by atoms with Crippen LogP contribution in [-0.4, -0.2) is 32.1 Å². The number of amides is 1. The van der Waals surface area contributed by atoms with Crippen LogP contribution in [-0.2, 0) is 0 Å². The monoisotopic (exact) mass is 279 g/mol. The van der Waals surface area contributed by atoms with Gasteiger partial charge in [-0.15, -0.1) is 0 Å². The Kier molecular flexibility index (Phi) is 4.95. The van der Waals surface area contributed by atoms with Crippen LogP contribution in [0.15, 0.2) is 18.2 Å². The molecule has 0 aromatic heterocycles. The van der Waals surface area contributed by atoms with E-state index in [0.29, 0.717) is 11.6 Å². The highest BCUT2D eigenvalue weighted by atomic mass is 19.1. The van der Waals surface area contributed by atoms with Gasteiger partial charge in [0.15, 0.2) is 0 Å². The van der Waals surface area contributed by atoms with Crippen molar-refractivity contribution in [2.75, 3.05) is 31.1 Å². The molecule has 1 amide bonds. The zero-order chi connectivity index (χ0) is 14.5. The summed E-state index contributed by atoms with van der Waals surface area (Å²) < 4.78 is 14.1. The smallest absolute Gasteiger partial charge is 0.248 e. The van der Waals surface area contributed by atoms with E-state index in [-0.39, 0.29) is 11.4 Å². The Morgan fingerprint density at radius 2 is 2.15 bits per heavy atom. The van der Waals surface area contributed by atoms with Gasteiger partial charge >= 0.3 is 0 Å². The van der Waals surface area contributed by atoms with Crippen molar-refractivity contribution >= 4 is 11.6 Å². The molecule has 0 spiro atoms. The van der Waals surface area contributed by atoms with Gasteiger partial charge in [0.2, 0.25) is 5.91 Å². The maximum absolute atomic E-state index is 14.1. The van der Waals surface area contributed by atoms with Crippen molar-refractivity contribution in [3.8, 4) is 0 Å². The Balaban J connectivity index is 2.12. The lowest BCUT2D eigenvalue weighted by Crippen LogP contribution is -2.36. The minimum absolute atomic E-state index is 0.212. The molecule has 0 bridgehead atoms. The van der Waals surface area contributed by atoms with Gasteiger partial charge in [0.05, 0.1) is 5.69 Å². The maximum Gasteiger partial charge on any atom is 0.248 e. The Bertz CT molecular complexity index is 472.